The third-order valence-electron chi connectivity index (χ3n) is 4.14. The van der Waals surface area contributed by atoms with Crippen molar-refractivity contribution in [1.29, 1.82) is 0 Å². The monoisotopic (exact) mass is 367 g/mol. The minimum Gasteiger partial charge on any atom is -0.491 e. The molecular formula is C20H21N3O4. The summed E-state index contributed by atoms with van der Waals surface area (Å²) < 4.78 is 6.71. The molecule has 1 aromatic heterocycles. The lowest BCUT2D eigenvalue weighted by molar-refractivity contribution is -0.116. The van der Waals surface area contributed by atoms with Crippen molar-refractivity contribution in [2.24, 2.45) is 0 Å². The van der Waals surface area contributed by atoms with Crippen molar-refractivity contribution in [3.05, 3.63) is 64.4 Å². The molecule has 0 spiro atoms. The van der Waals surface area contributed by atoms with Crippen molar-refractivity contribution in [3.63, 3.8) is 0 Å². The summed E-state index contributed by atoms with van der Waals surface area (Å²) in [6.45, 7) is 1.59. The van der Waals surface area contributed by atoms with Crippen molar-refractivity contribution in [2.75, 3.05) is 6.61 Å². The molecule has 0 amide bonds. The van der Waals surface area contributed by atoms with Crippen LogP contribution in [-0.4, -0.2) is 38.6 Å². The zero-order chi connectivity index (χ0) is 19.2. The third-order valence-corrected chi connectivity index (χ3v) is 4.14. The van der Waals surface area contributed by atoms with Gasteiger partial charge in [0, 0.05) is 6.42 Å². The number of nitrogens with zero attached hydrogens (tertiary/aromatic N) is 3. The highest BCUT2D eigenvalue weighted by molar-refractivity contribution is 5.76. The van der Waals surface area contributed by atoms with Crippen LogP contribution >= 0.6 is 0 Å². The summed E-state index contributed by atoms with van der Waals surface area (Å²) in [6, 6.07) is 14.3. The van der Waals surface area contributed by atoms with E-state index in [4.69, 9.17) is 4.74 Å². The van der Waals surface area contributed by atoms with Gasteiger partial charge in [-0.2, -0.15) is 0 Å². The molecule has 0 aliphatic heterocycles. The van der Waals surface area contributed by atoms with Gasteiger partial charge < -0.3 is 14.6 Å². The van der Waals surface area contributed by atoms with E-state index in [9.17, 15) is 14.7 Å². The van der Waals surface area contributed by atoms with E-state index in [1.165, 1.54) is 0 Å². The molecule has 0 bridgehead atoms. The van der Waals surface area contributed by atoms with Crippen molar-refractivity contribution >= 4 is 16.7 Å². The molecule has 2 aromatic carbocycles. The fourth-order valence-electron chi connectivity index (χ4n) is 2.66. The summed E-state index contributed by atoms with van der Waals surface area (Å²) in [7, 11) is 0. The number of fused-ring (bicyclic) bond motifs is 1. The van der Waals surface area contributed by atoms with Crippen LogP contribution in [0.5, 0.6) is 5.75 Å². The van der Waals surface area contributed by atoms with Crippen LogP contribution in [0.15, 0.2) is 53.3 Å². The predicted octanol–water partition coefficient (Wildman–Crippen LogP) is 1.75. The van der Waals surface area contributed by atoms with Gasteiger partial charge in [-0.05, 0) is 43.2 Å². The number of aliphatic hydroxyl groups is 1. The first kappa shape index (κ1) is 18.7. The molecule has 0 aliphatic rings. The van der Waals surface area contributed by atoms with Crippen molar-refractivity contribution in [2.45, 2.75) is 32.4 Å². The van der Waals surface area contributed by atoms with Crippen LogP contribution in [0.4, 0.5) is 0 Å². The van der Waals surface area contributed by atoms with Crippen molar-refractivity contribution in [3.8, 4) is 5.75 Å². The van der Waals surface area contributed by atoms with Crippen LogP contribution in [0.3, 0.4) is 0 Å². The number of benzene rings is 2. The number of aromatic nitrogens is 3. The topological polar surface area (TPSA) is 94.3 Å². The van der Waals surface area contributed by atoms with E-state index in [0.29, 0.717) is 29.5 Å². The van der Waals surface area contributed by atoms with E-state index in [1.54, 1.807) is 43.3 Å². The molecule has 0 saturated heterocycles. The predicted molar refractivity (Wildman–Crippen MR) is 101 cm³/mol. The average molecular weight is 367 g/mol. The first-order chi connectivity index (χ1) is 13.0. The van der Waals surface area contributed by atoms with E-state index >= 15 is 0 Å². The summed E-state index contributed by atoms with van der Waals surface area (Å²) in [4.78, 5) is 23.4. The summed E-state index contributed by atoms with van der Waals surface area (Å²) >= 11 is 0. The van der Waals surface area contributed by atoms with Gasteiger partial charge in [0.05, 0.1) is 11.9 Å². The lowest BCUT2D eigenvalue weighted by atomic mass is 10.1. The van der Waals surface area contributed by atoms with Crippen LogP contribution in [-0.2, 0) is 17.8 Å². The molecular weight excluding hydrogens is 346 g/mol. The maximum absolute atomic E-state index is 12.4. The maximum atomic E-state index is 12.4. The molecule has 0 radical (unpaired) electrons. The molecule has 7 nitrogen and oxygen atoms in total. The number of ketones is 1. The highest BCUT2D eigenvalue weighted by Gasteiger charge is 2.11. The standard InChI is InChI=1S/C20H21N3O4/c1-14(24)6-7-15-8-10-17(11-9-15)27-13-16(25)12-23-20(26)18-4-2-3-5-19(18)21-22-23/h2-5,8-11,16,25H,6-7,12-13H2,1H3. The summed E-state index contributed by atoms with van der Waals surface area (Å²) in [5.41, 5.74) is 1.28. The molecule has 3 rings (SSSR count). The lowest BCUT2D eigenvalue weighted by Crippen LogP contribution is -2.32. The highest BCUT2D eigenvalue weighted by atomic mass is 16.5. The van der Waals surface area contributed by atoms with Gasteiger partial charge in [-0.3, -0.25) is 4.79 Å². The molecule has 0 saturated carbocycles. The van der Waals surface area contributed by atoms with E-state index in [2.05, 4.69) is 10.3 Å². The molecule has 3 aromatic rings. The minimum atomic E-state index is -0.907. The van der Waals surface area contributed by atoms with Gasteiger partial charge >= 0.3 is 0 Å². The average Bonchev–Trinajstić information content (AvgIpc) is 2.68. The molecule has 1 heterocycles. The van der Waals surface area contributed by atoms with Crippen LogP contribution < -0.4 is 10.3 Å². The molecule has 0 fully saturated rings. The number of ether oxygens (including phenoxy) is 1. The largest absolute Gasteiger partial charge is 0.491 e. The Morgan fingerprint density at radius 3 is 2.67 bits per heavy atom. The normalized spacial score (nSPS) is 12.1. The van der Waals surface area contributed by atoms with Gasteiger partial charge in [0.1, 0.15) is 29.8 Å². The molecule has 1 unspecified atom stereocenters. The zero-order valence-electron chi connectivity index (χ0n) is 15.0. The molecule has 27 heavy (non-hydrogen) atoms. The second-order valence-electron chi connectivity index (χ2n) is 6.40. The summed E-state index contributed by atoms with van der Waals surface area (Å²) in [5.74, 6) is 0.767. The Morgan fingerprint density at radius 2 is 1.93 bits per heavy atom. The first-order valence-electron chi connectivity index (χ1n) is 8.75. The first-order valence-corrected chi connectivity index (χ1v) is 8.75. The Hall–Kier alpha value is -3.06. The van der Waals surface area contributed by atoms with Crippen LogP contribution in [0.2, 0.25) is 0 Å². The Kier molecular flexibility index (Phi) is 5.93. The smallest absolute Gasteiger partial charge is 0.277 e. The fraction of sp³-hybridized carbons (Fsp3) is 0.300. The van der Waals surface area contributed by atoms with Crippen LogP contribution in [0, 0.1) is 0 Å². The van der Waals surface area contributed by atoms with Gasteiger partial charge in [0.2, 0.25) is 0 Å². The summed E-state index contributed by atoms with van der Waals surface area (Å²) in [6.07, 6.45) is 0.304. The number of hydrogen-bond acceptors (Lipinski definition) is 6. The Labute approximate surface area is 156 Å². The number of aryl methyl sites for hydroxylation is 1. The second kappa shape index (κ2) is 8.55. The molecule has 7 heteroatoms. The zero-order valence-corrected chi connectivity index (χ0v) is 15.0. The number of rotatable bonds is 8. The highest BCUT2D eigenvalue weighted by Crippen LogP contribution is 2.14. The van der Waals surface area contributed by atoms with Crippen molar-refractivity contribution < 1.29 is 14.6 Å². The van der Waals surface area contributed by atoms with Gasteiger partial charge in [-0.15, -0.1) is 5.10 Å². The third kappa shape index (κ3) is 4.98. The van der Waals surface area contributed by atoms with Gasteiger partial charge in [-0.25, -0.2) is 4.68 Å². The Morgan fingerprint density at radius 1 is 1.19 bits per heavy atom. The molecule has 1 N–H and O–H groups in total. The number of hydrogen-bond donors (Lipinski definition) is 1. The van der Waals surface area contributed by atoms with Gasteiger partial charge in [-0.1, -0.05) is 29.5 Å². The number of carbonyl (C=O) groups excluding carboxylic acids is 1. The van der Waals surface area contributed by atoms with Crippen molar-refractivity contribution in [1.82, 2.24) is 15.0 Å². The molecule has 1 atom stereocenters. The fourth-order valence-corrected chi connectivity index (χ4v) is 2.66. The van der Waals surface area contributed by atoms with E-state index < -0.39 is 6.10 Å². The summed E-state index contributed by atoms with van der Waals surface area (Å²) in [5, 5.41) is 18.5. The second-order valence-corrected chi connectivity index (χ2v) is 6.40. The Bertz CT molecular complexity index is 982. The van der Waals surface area contributed by atoms with Crippen LogP contribution in [0.25, 0.3) is 10.9 Å². The van der Waals surface area contributed by atoms with Crippen LogP contribution in [0.1, 0.15) is 18.9 Å². The number of carbonyl (C=O) groups is 1. The number of Topliss-reactive ketones (excluding diaryl/α,β-unsaturated/α-hetero) is 1. The minimum absolute atomic E-state index is 0.00658. The van der Waals surface area contributed by atoms with E-state index in [1.807, 2.05) is 12.1 Å². The quantitative estimate of drug-likeness (QED) is 0.652. The molecule has 0 aliphatic carbocycles. The lowest BCUT2D eigenvalue weighted by Gasteiger charge is -2.13. The van der Waals surface area contributed by atoms with E-state index in [-0.39, 0.29) is 24.5 Å². The molecule has 140 valence electrons. The maximum Gasteiger partial charge on any atom is 0.277 e. The number of aliphatic hydroxyl groups excluding tert-OH is 1. The van der Waals surface area contributed by atoms with E-state index in [0.717, 1.165) is 10.2 Å². The Balaban J connectivity index is 1.57. The van der Waals surface area contributed by atoms with Gasteiger partial charge in [0.15, 0.2) is 0 Å². The van der Waals surface area contributed by atoms with Gasteiger partial charge in [0.25, 0.3) is 5.56 Å². The SMILES string of the molecule is CC(=O)CCc1ccc(OCC(O)Cn2nnc3ccccc3c2=O)cc1.